The summed E-state index contributed by atoms with van der Waals surface area (Å²) in [6.45, 7) is 2.48. The standard InChI is InChI=1S/C27H29BrN6O11S2/c1-27(2,25(42)43)45-32-16(12-9-47-26(29)30-12)20(37)31-17-21(38)34-18(23(39)40)11(8-46-22(17)34)7-33(3)6-10-5-13(35)19(36)15(28)14(10)24(41)44-4/h5,9,17,22,35-36H,6-8H2,1-4H3,(H2,29,30)(H,31,37)(H,39,40)(H,42,43)/b32-16-/t17?,22-/m0/s1. The van der Waals surface area contributed by atoms with E-state index in [0.29, 0.717) is 5.57 Å². The van der Waals surface area contributed by atoms with Crippen LogP contribution < -0.4 is 11.1 Å². The molecule has 2 aromatic rings. The van der Waals surface area contributed by atoms with Gasteiger partial charge in [0.05, 0.1) is 17.1 Å². The van der Waals surface area contributed by atoms with Crippen LogP contribution in [0.4, 0.5) is 5.13 Å². The summed E-state index contributed by atoms with van der Waals surface area (Å²) in [5.41, 5.74) is 3.77. The number of phenols is 2. The summed E-state index contributed by atoms with van der Waals surface area (Å²) >= 11 is 5.29. The zero-order chi connectivity index (χ0) is 35.0. The molecule has 1 aromatic carbocycles. The van der Waals surface area contributed by atoms with E-state index in [1.54, 1.807) is 11.9 Å². The smallest absolute Gasteiger partial charge is 0.352 e. The highest BCUT2D eigenvalue weighted by Gasteiger charge is 2.54. The Morgan fingerprint density at radius 3 is 2.51 bits per heavy atom. The minimum Gasteiger partial charge on any atom is -0.504 e. The van der Waals surface area contributed by atoms with E-state index in [1.807, 2.05) is 0 Å². The number of thiazole rings is 1. The first-order valence-corrected chi connectivity index (χ1v) is 16.1. The summed E-state index contributed by atoms with van der Waals surface area (Å²) < 4.78 is 4.73. The number of hydrogen-bond donors (Lipinski definition) is 6. The first-order valence-electron chi connectivity index (χ1n) is 13.4. The highest BCUT2D eigenvalue weighted by atomic mass is 79.9. The first kappa shape index (κ1) is 35.5. The van der Waals surface area contributed by atoms with Gasteiger partial charge in [-0.05, 0) is 54.0 Å². The molecule has 20 heteroatoms. The molecule has 1 fully saturated rings. The van der Waals surface area contributed by atoms with E-state index in [-0.39, 0.29) is 51.0 Å². The number of amides is 2. The van der Waals surface area contributed by atoms with Crippen LogP contribution in [0, 0.1) is 0 Å². The number of oxime groups is 1. The average molecular weight is 758 g/mol. The van der Waals surface area contributed by atoms with Gasteiger partial charge in [0.25, 0.3) is 11.8 Å². The quantitative estimate of drug-likeness (QED) is 0.0584. The van der Waals surface area contributed by atoms with Gasteiger partial charge in [-0.15, -0.1) is 23.1 Å². The molecule has 7 N–H and O–H groups in total. The summed E-state index contributed by atoms with van der Waals surface area (Å²) in [5, 5.41) is 46.6. The Bertz CT molecular complexity index is 1730. The lowest BCUT2D eigenvalue weighted by molar-refractivity contribution is -0.161. The van der Waals surface area contributed by atoms with Crippen molar-refractivity contribution in [3.8, 4) is 11.5 Å². The van der Waals surface area contributed by atoms with E-state index in [2.05, 4.69) is 31.4 Å². The Labute approximate surface area is 283 Å². The van der Waals surface area contributed by atoms with E-state index in [0.717, 1.165) is 23.3 Å². The maximum absolute atomic E-state index is 13.3. The van der Waals surface area contributed by atoms with Gasteiger partial charge in [0, 0.05) is 24.2 Å². The van der Waals surface area contributed by atoms with Crippen LogP contribution in [-0.4, -0.2) is 114 Å². The lowest BCUT2D eigenvalue weighted by Crippen LogP contribution is -2.71. The lowest BCUT2D eigenvalue weighted by atomic mass is 10.0. The van der Waals surface area contributed by atoms with Gasteiger partial charge in [-0.3, -0.25) is 19.4 Å². The van der Waals surface area contributed by atoms with Crippen LogP contribution in [0.25, 0.3) is 0 Å². The number of β-lactam (4-membered cyclic amide) rings is 1. The molecule has 0 radical (unpaired) electrons. The van der Waals surface area contributed by atoms with Crippen LogP contribution in [0.5, 0.6) is 11.5 Å². The molecule has 252 valence electrons. The number of halogens is 1. The molecular weight excluding hydrogens is 728 g/mol. The number of nitrogen functional groups attached to an aromatic ring is 1. The number of carboxylic acid groups (broad SMARTS) is 2. The van der Waals surface area contributed by atoms with E-state index < -0.39 is 63.9 Å². The molecule has 2 atom stereocenters. The molecule has 4 rings (SSSR count). The number of carbonyl (C=O) groups excluding carboxylic acids is 3. The van der Waals surface area contributed by atoms with Gasteiger partial charge < -0.3 is 41.1 Å². The number of anilines is 1. The van der Waals surface area contributed by atoms with Gasteiger partial charge >= 0.3 is 17.9 Å². The van der Waals surface area contributed by atoms with E-state index >= 15 is 0 Å². The highest BCUT2D eigenvalue weighted by molar-refractivity contribution is 9.10. The van der Waals surface area contributed by atoms with E-state index in [4.69, 9.17) is 15.3 Å². The number of ether oxygens (including phenoxy) is 1. The topological polar surface area (TPSA) is 255 Å². The molecule has 2 aliphatic heterocycles. The number of aromatic hydroxyl groups is 2. The number of hydrogen-bond acceptors (Lipinski definition) is 15. The number of nitrogens with one attached hydrogen (secondary N) is 1. The van der Waals surface area contributed by atoms with Gasteiger partial charge in [0.15, 0.2) is 22.3 Å². The van der Waals surface area contributed by atoms with Gasteiger partial charge in [-0.2, -0.15) is 0 Å². The predicted molar refractivity (Wildman–Crippen MR) is 171 cm³/mol. The maximum atomic E-state index is 13.3. The number of aromatic nitrogens is 1. The number of nitrogens with zero attached hydrogens (tertiary/aromatic N) is 4. The highest BCUT2D eigenvalue weighted by Crippen LogP contribution is 2.42. The number of thioether (sulfide) groups is 1. The van der Waals surface area contributed by atoms with Crippen molar-refractivity contribution in [1.82, 2.24) is 20.1 Å². The normalized spacial score (nSPS) is 18.0. The summed E-state index contributed by atoms with van der Waals surface area (Å²) in [6, 6.07) is 0.0352. The van der Waals surface area contributed by atoms with Crippen molar-refractivity contribution in [2.24, 2.45) is 5.16 Å². The van der Waals surface area contributed by atoms with Crippen molar-refractivity contribution in [3.05, 3.63) is 44.0 Å². The number of aliphatic carboxylic acids is 2. The number of phenolic OH excluding ortho intramolecular Hbond substituents is 2. The molecule has 3 heterocycles. The number of nitrogens with two attached hydrogens (primary N) is 1. The van der Waals surface area contributed by atoms with Crippen LogP contribution in [0.15, 0.2) is 32.3 Å². The van der Waals surface area contributed by atoms with Crippen molar-refractivity contribution in [1.29, 1.82) is 0 Å². The fourth-order valence-electron chi connectivity index (χ4n) is 4.61. The molecule has 1 unspecified atom stereocenters. The molecule has 1 aromatic heterocycles. The summed E-state index contributed by atoms with van der Waals surface area (Å²) in [7, 11) is 2.78. The fourth-order valence-corrected chi connectivity index (χ4v) is 7.11. The zero-order valence-electron chi connectivity index (χ0n) is 25.1. The Morgan fingerprint density at radius 1 is 1.26 bits per heavy atom. The Kier molecular flexibility index (Phi) is 10.4. The van der Waals surface area contributed by atoms with Crippen molar-refractivity contribution in [3.63, 3.8) is 0 Å². The average Bonchev–Trinajstić information content (AvgIpc) is 3.43. The van der Waals surface area contributed by atoms with E-state index in [9.17, 15) is 44.4 Å². The van der Waals surface area contributed by atoms with Crippen LogP contribution >= 0.6 is 39.0 Å². The fraction of sp³-hybridized carbons (Fsp3) is 0.370. The second kappa shape index (κ2) is 13.8. The van der Waals surface area contributed by atoms with Crippen molar-refractivity contribution in [2.45, 2.75) is 37.4 Å². The monoisotopic (exact) mass is 756 g/mol. The number of likely N-dealkylation sites (N-methyl/N-ethyl adjacent to an activating group) is 1. The second-order valence-corrected chi connectivity index (χ2v) is 13.6. The third-order valence-corrected chi connectivity index (χ3v) is 9.77. The molecule has 0 spiro atoms. The van der Waals surface area contributed by atoms with Crippen molar-refractivity contribution >= 4 is 79.6 Å². The Morgan fingerprint density at radius 2 is 1.94 bits per heavy atom. The molecule has 17 nitrogen and oxygen atoms in total. The predicted octanol–water partition coefficient (Wildman–Crippen LogP) is 1.14. The molecular formula is C27H29BrN6O11S2. The third kappa shape index (κ3) is 7.14. The Hall–Kier alpha value is -4.40. The molecule has 1 saturated heterocycles. The number of fused-ring (bicyclic) bond motifs is 1. The maximum Gasteiger partial charge on any atom is 0.352 e. The Balaban J connectivity index is 1.54. The largest absolute Gasteiger partial charge is 0.504 e. The number of rotatable bonds is 12. The van der Waals surface area contributed by atoms with Crippen molar-refractivity contribution < 1.29 is 54.0 Å². The van der Waals surface area contributed by atoms with Gasteiger partial charge in [-0.1, -0.05) is 5.16 Å². The van der Waals surface area contributed by atoms with Crippen LogP contribution in [0.2, 0.25) is 0 Å². The lowest BCUT2D eigenvalue weighted by Gasteiger charge is -2.49. The summed E-state index contributed by atoms with van der Waals surface area (Å²) in [6.07, 6.45) is 0. The summed E-state index contributed by atoms with van der Waals surface area (Å²) in [4.78, 5) is 74.7. The second-order valence-electron chi connectivity index (χ2n) is 10.8. The molecule has 0 aliphatic carbocycles. The zero-order valence-corrected chi connectivity index (χ0v) is 28.4. The number of carboxylic acids is 2. The number of methoxy groups -OCH3 is 1. The van der Waals surface area contributed by atoms with Gasteiger partial charge in [0.2, 0.25) is 5.60 Å². The molecule has 2 amide bonds. The number of esters is 1. The number of benzene rings is 1. The van der Waals surface area contributed by atoms with Gasteiger partial charge in [-0.25, -0.2) is 19.4 Å². The minimum absolute atomic E-state index is 0.0119. The van der Waals surface area contributed by atoms with E-state index in [1.165, 1.54) is 37.1 Å². The third-order valence-electron chi connectivity index (χ3n) is 6.99. The first-order chi connectivity index (χ1) is 22.0. The van der Waals surface area contributed by atoms with Gasteiger partial charge in [0.1, 0.15) is 22.8 Å². The number of carbonyl (C=O) groups is 5. The SMILES string of the molecule is COC(=O)c1c(CN(C)CC2=C(C(=O)O)N3C(=O)C(NC(=O)/C(=N\OC(C)(C)C(=O)O)c4csc(N)n4)[C@@H]3SC2)cc(O)c(O)c1Br. The molecule has 2 aliphatic rings. The summed E-state index contributed by atoms with van der Waals surface area (Å²) in [5.74, 6) is -6.02. The molecule has 0 bridgehead atoms. The minimum atomic E-state index is -1.81. The van der Waals surface area contributed by atoms with Crippen molar-refractivity contribution in [2.75, 3.05) is 32.2 Å². The van der Waals surface area contributed by atoms with Crippen LogP contribution in [-0.2, 0) is 35.3 Å². The molecule has 0 saturated carbocycles. The molecule has 47 heavy (non-hydrogen) atoms. The van der Waals surface area contributed by atoms with Crippen LogP contribution in [0.3, 0.4) is 0 Å². The van der Waals surface area contributed by atoms with Crippen LogP contribution in [0.1, 0.15) is 35.5 Å².